The number of aromatic amines is 1. The first kappa shape index (κ1) is 13.7. The molecular weight excluding hydrogens is 326 g/mol. The normalized spacial score (nSPS) is 13.8. The predicted octanol–water partition coefficient (Wildman–Crippen LogP) is 3.97. The van der Waals surface area contributed by atoms with Crippen LogP contribution in [0.2, 0.25) is 0 Å². The molecule has 5 nitrogen and oxygen atoms in total. The number of aromatic nitrogens is 2. The molecule has 3 aromatic carbocycles. The maximum absolute atomic E-state index is 12.7. The SMILES string of the molecule is O=C1NCc2c1c1c3cc(O)ccc3[nH]c1c1ncc3ccccc3c21. The minimum atomic E-state index is -0.0796. The summed E-state index contributed by atoms with van der Waals surface area (Å²) in [5, 5.41) is 17.7. The van der Waals surface area contributed by atoms with Crippen LogP contribution in [0.15, 0.2) is 48.7 Å². The molecule has 26 heavy (non-hydrogen) atoms. The lowest BCUT2D eigenvalue weighted by Gasteiger charge is -2.09. The van der Waals surface area contributed by atoms with E-state index >= 15 is 0 Å². The second kappa shape index (κ2) is 4.52. The predicted molar refractivity (Wildman–Crippen MR) is 101 cm³/mol. The molecule has 0 atom stereocenters. The summed E-state index contributed by atoms with van der Waals surface area (Å²) in [5.74, 6) is 0.0983. The van der Waals surface area contributed by atoms with Gasteiger partial charge in [0.2, 0.25) is 0 Å². The van der Waals surface area contributed by atoms with Crippen LogP contribution in [-0.4, -0.2) is 21.0 Å². The van der Waals surface area contributed by atoms with Gasteiger partial charge in [-0.15, -0.1) is 0 Å². The van der Waals surface area contributed by atoms with E-state index in [2.05, 4.69) is 16.4 Å². The van der Waals surface area contributed by atoms with Gasteiger partial charge in [0.15, 0.2) is 0 Å². The summed E-state index contributed by atoms with van der Waals surface area (Å²) in [5.41, 5.74) is 4.22. The van der Waals surface area contributed by atoms with Crippen molar-refractivity contribution in [2.75, 3.05) is 0 Å². The van der Waals surface area contributed by atoms with Gasteiger partial charge in [-0.3, -0.25) is 9.78 Å². The quantitative estimate of drug-likeness (QED) is 0.374. The van der Waals surface area contributed by atoms with E-state index in [0.29, 0.717) is 12.1 Å². The number of nitrogens with zero attached hydrogens (tertiary/aromatic N) is 1. The van der Waals surface area contributed by atoms with Crippen LogP contribution in [0, 0.1) is 0 Å². The molecule has 0 radical (unpaired) electrons. The molecule has 5 aromatic rings. The zero-order valence-electron chi connectivity index (χ0n) is 13.6. The van der Waals surface area contributed by atoms with Gasteiger partial charge < -0.3 is 15.4 Å². The van der Waals surface area contributed by atoms with Crippen LogP contribution >= 0.6 is 0 Å². The summed E-state index contributed by atoms with van der Waals surface area (Å²) in [7, 11) is 0. The number of phenols is 1. The van der Waals surface area contributed by atoms with E-state index in [1.54, 1.807) is 12.1 Å². The molecule has 0 fully saturated rings. The van der Waals surface area contributed by atoms with E-state index in [0.717, 1.165) is 49.0 Å². The average molecular weight is 339 g/mol. The Labute approximate surface area is 147 Å². The van der Waals surface area contributed by atoms with Crippen LogP contribution in [0.4, 0.5) is 0 Å². The van der Waals surface area contributed by atoms with Gasteiger partial charge in [-0.1, -0.05) is 24.3 Å². The van der Waals surface area contributed by atoms with Crippen molar-refractivity contribution in [1.82, 2.24) is 15.3 Å². The number of aromatic hydroxyl groups is 1. The number of benzene rings is 3. The largest absolute Gasteiger partial charge is 0.508 e. The molecule has 0 bridgehead atoms. The zero-order valence-corrected chi connectivity index (χ0v) is 13.6. The lowest BCUT2D eigenvalue weighted by Crippen LogP contribution is -2.12. The third kappa shape index (κ3) is 1.55. The molecule has 0 saturated heterocycles. The number of phenolic OH excluding ortho intramolecular Hbond substituents is 1. The molecule has 6 rings (SSSR count). The summed E-state index contributed by atoms with van der Waals surface area (Å²) in [6, 6.07) is 13.3. The monoisotopic (exact) mass is 339 g/mol. The van der Waals surface area contributed by atoms with Gasteiger partial charge in [-0.05, 0) is 29.1 Å². The highest BCUT2D eigenvalue weighted by atomic mass is 16.3. The highest BCUT2D eigenvalue weighted by molar-refractivity contribution is 6.29. The first-order chi connectivity index (χ1) is 12.7. The number of nitrogens with one attached hydrogen (secondary N) is 2. The van der Waals surface area contributed by atoms with Crippen molar-refractivity contribution in [3.8, 4) is 5.75 Å². The molecule has 1 amide bonds. The first-order valence-electron chi connectivity index (χ1n) is 8.47. The smallest absolute Gasteiger partial charge is 0.252 e. The fourth-order valence-electron chi connectivity index (χ4n) is 4.24. The van der Waals surface area contributed by atoms with E-state index in [1.165, 1.54) is 0 Å². The van der Waals surface area contributed by atoms with Crippen LogP contribution in [-0.2, 0) is 6.54 Å². The van der Waals surface area contributed by atoms with E-state index in [1.807, 2.05) is 30.5 Å². The maximum atomic E-state index is 12.7. The van der Waals surface area contributed by atoms with Crippen molar-refractivity contribution >= 4 is 49.4 Å². The van der Waals surface area contributed by atoms with Crippen molar-refractivity contribution in [1.29, 1.82) is 0 Å². The highest BCUT2D eigenvalue weighted by Gasteiger charge is 2.28. The summed E-state index contributed by atoms with van der Waals surface area (Å²) in [4.78, 5) is 20.8. The molecule has 0 aliphatic carbocycles. The van der Waals surface area contributed by atoms with Crippen LogP contribution in [0.1, 0.15) is 15.9 Å². The summed E-state index contributed by atoms with van der Waals surface area (Å²) >= 11 is 0. The van der Waals surface area contributed by atoms with Gasteiger partial charge >= 0.3 is 0 Å². The van der Waals surface area contributed by atoms with E-state index in [4.69, 9.17) is 4.98 Å². The molecule has 0 unspecified atom stereocenters. The summed E-state index contributed by atoms with van der Waals surface area (Å²) in [6.07, 6.45) is 1.87. The zero-order chi connectivity index (χ0) is 17.4. The fraction of sp³-hybridized carbons (Fsp3) is 0.0476. The standard InChI is InChI=1S/C21H13N3O2/c25-11-5-6-15-13(7-11)17-18-14(9-23-21(18)26)16-12-4-2-1-3-10(12)8-22-19(16)20(17)24-15/h1-8,24-25H,9H2,(H,23,26). The van der Waals surface area contributed by atoms with E-state index in [9.17, 15) is 9.90 Å². The number of carbonyl (C=O) groups is 1. The Morgan fingerprint density at radius 1 is 1.04 bits per heavy atom. The highest BCUT2D eigenvalue weighted by Crippen LogP contribution is 2.41. The first-order valence-corrected chi connectivity index (χ1v) is 8.47. The van der Waals surface area contributed by atoms with Gasteiger partial charge in [0.05, 0.1) is 16.6 Å². The van der Waals surface area contributed by atoms with E-state index in [-0.39, 0.29) is 11.7 Å². The minimum Gasteiger partial charge on any atom is -0.508 e. The number of H-pyrrole nitrogens is 1. The third-order valence-electron chi connectivity index (χ3n) is 5.32. The van der Waals surface area contributed by atoms with Crippen molar-refractivity contribution < 1.29 is 9.90 Å². The van der Waals surface area contributed by atoms with Gasteiger partial charge in [0, 0.05) is 39.8 Å². The second-order valence-corrected chi connectivity index (χ2v) is 6.71. The Morgan fingerprint density at radius 3 is 2.85 bits per heavy atom. The number of rotatable bonds is 0. The van der Waals surface area contributed by atoms with Crippen molar-refractivity contribution in [2.45, 2.75) is 6.54 Å². The summed E-state index contributed by atoms with van der Waals surface area (Å²) in [6.45, 7) is 0.488. The van der Waals surface area contributed by atoms with Gasteiger partial charge in [0.25, 0.3) is 5.91 Å². The molecule has 124 valence electrons. The van der Waals surface area contributed by atoms with Gasteiger partial charge in [0.1, 0.15) is 5.75 Å². The number of fused-ring (bicyclic) bond motifs is 10. The lowest BCUT2D eigenvalue weighted by atomic mass is 9.94. The van der Waals surface area contributed by atoms with Crippen molar-refractivity contribution in [3.05, 3.63) is 59.8 Å². The Hall–Kier alpha value is -3.60. The Bertz CT molecular complexity index is 1420. The minimum absolute atomic E-state index is 0.0796. The van der Waals surface area contributed by atoms with Crippen LogP contribution in [0.5, 0.6) is 5.75 Å². The topological polar surface area (TPSA) is 78.0 Å². The van der Waals surface area contributed by atoms with E-state index < -0.39 is 0 Å². The molecule has 2 aromatic heterocycles. The fourth-order valence-corrected chi connectivity index (χ4v) is 4.24. The molecular formula is C21H13N3O2. The number of hydrogen-bond acceptors (Lipinski definition) is 3. The van der Waals surface area contributed by atoms with Gasteiger partial charge in [-0.2, -0.15) is 0 Å². The Kier molecular flexibility index (Phi) is 2.37. The third-order valence-corrected chi connectivity index (χ3v) is 5.32. The Morgan fingerprint density at radius 2 is 1.92 bits per heavy atom. The van der Waals surface area contributed by atoms with Crippen molar-refractivity contribution in [2.24, 2.45) is 0 Å². The Balaban J connectivity index is 1.98. The van der Waals surface area contributed by atoms with Crippen LogP contribution < -0.4 is 5.32 Å². The number of carbonyl (C=O) groups excluding carboxylic acids is 1. The van der Waals surface area contributed by atoms with Crippen molar-refractivity contribution in [3.63, 3.8) is 0 Å². The number of hydrogen-bond donors (Lipinski definition) is 3. The molecule has 1 aliphatic heterocycles. The van der Waals surface area contributed by atoms with Crippen LogP contribution in [0.3, 0.4) is 0 Å². The molecule has 3 N–H and O–H groups in total. The summed E-state index contributed by atoms with van der Waals surface area (Å²) < 4.78 is 0. The number of amides is 1. The molecule has 1 aliphatic rings. The van der Waals surface area contributed by atoms with Gasteiger partial charge in [-0.25, -0.2) is 0 Å². The number of pyridine rings is 1. The van der Waals surface area contributed by atoms with Crippen LogP contribution in [0.25, 0.3) is 43.5 Å². The molecule has 5 heteroatoms. The average Bonchev–Trinajstić information content (AvgIpc) is 3.22. The molecule has 0 saturated carbocycles. The second-order valence-electron chi connectivity index (χ2n) is 6.71. The maximum Gasteiger partial charge on any atom is 0.252 e. The lowest BCUT2D eigenvalue weighted by molar-refractivity contribution is 0.0967. The molecule has 0 spiro atoms. The molecule has 3 heterocycles.